The van der Waals surface area contributed by atoms with Crippen LogP contribution in [0.5, 0.6) is 0 Å². The van der Waals surface area contributed by atoms with Crippen molar-refractivity contribution in [3.63, 3.8) is 0 Å². The van der Waals surface area contributed by atoms with Gasteiger partial charge in [-0.2, -0.15) is 0 Å². The molecule has 0 aromatic heterocycles. The van der Waals surface area contributed by atoms with E-state index in [0.717, 1.165) is 77.0 Å². The van der Waals surface area contributed by atoms with E-state index in [1.807, 2.05) is 0 Å². The van der Waals surface area contributed by atoms with E-state index < -0.39 is 0 Å². The maximum absolute atomic E-state index is 12.1. The lowest BCUT2D eigenvalue weighted by molar-refractivity contribution is -0.154. The summed E-state index contributed by atoms with van der Waals surface area (Å²) in [4.78, 5) is 24.1. The molecule has 5 heteroatoms. The van der Waals surface area contributed by atoms with Crippen LogP contribution in [-0.4, -0.2) is 36.4 Å². The number of carbonyl (C=O) groups is 2. The van der Waals surface area contributed by atoms with Crippen LogP contribution in [0.25, 0.3) is 0 Å². The zero-order valence-corrected chi connectivity index (χ0v) is 21.5. The van der Waals surface area contributed by atoms with Gasteiger partial charge >= 0.3 is 11.9 Å². The smallest absolute Gasteiger partial charge is 0.306 e. The Morgan fingerprint density at radius 3 is 1.21 bits per heavy atom. The molecule has 0 aromatic carbocycles. The predicted molar refractivity (Wildman–Crippen MR) is 132 cm³/mol. The topological polar surface area (TPSA) is 61.8 Å². The molecule has 0 atom stereocenters. The quantitative estimate of drug-likeness (QED) is 0.175. The number of esters is 2. The Labute approximate surface area is 202 Å². The summed E-state index contributed by atoms with van der Waals surface area (Å²) in [5.74, 6) is -0.0469. The van der Waals surface area contributed by atoms with Crippen molar-refractivity contribution in [3.05, 3.63) is 0 Å². The highest BCUT2D eigenvalue weighted by atomic mass is 16.5. The van der Waals surface area contributed by atoms with Gasteiger partial charge in [-0.1, -0.05) is 65.2 Å². The second kappa shape index (κ2) is 17.4. The van der Waals surface area contributed by atoms with Crippen LogP contribution in [0.1, 0.15) is 142 Å². The zero-order chi connectivity index (χ0) is 23.7. The van der Waals surface area contributed by atoms with Crippen LogP contribution in [0.15, 0.2) is 0 Å². The minimum absolute atomic E-state index is 0.0234. The molecule has 33 heavy (non-hydrogen) atoms. The molecule has 0 heterocycles. The lowest BCUT2D eigenvalue weighted by Crippen LogP contribution is -2.34. The molecule has 192 valence electrons. The molecule has 0 aromatic rings. The third kappa shape index (κ3) is 12.8. The van der Waals surface area contributed by atoms with Crippen molar-refractivity contribution >= 4 is 11.9 Å². The van der Waals surface area contributed by atoms with Gasteiger partial charge in [-0.3, -0.25) is 9.59 Å². The SMILES string of the molecule is CCCCCCCC(=O)OC1CCC(OC2CCC(OC(=O)CCCCCCC)CC2)CC1. The van der Waals surface area contributed by atoms with Gasteiger partial charge in [0.05, 0.1) is 12.2 Å². The summed E-state index contributed by atoms with van der Waals surface area (Å²) in [7, 11) is 0. The van der Waals surface area contributed by atoms with Gasteiger partial charge in [-0.25, -0.2) is 0 Å². The normalized spacial score (nSPS) is 25.5. The molecule has 0 bridgehead atoms. The van der Waals surface area contributed by atoms with Gasteiger partial charge in [0.25, 0.3) is 0 Å². The Balaban J connectivity index is 1.50. The molecule has 2 aliphatic rings. The largest absolute Gasteiger partial charge is 0.462 e. The van der Waals surface area contributed by atoms with Crippen LogP contribution in [0.4, 0.5) is 0 Å². The number of rotatable bonds is 16. The van der Waals surface area contributed by atoms with E-state index in [0.29, 0.717) is 12.8 Å². The summed E-state index contributed by atoms with van der Waals surface area (Å²) in [6.45, 7) is 4.40. The molecule has 0 aliphatic heterocycles. The second-order valence-corrected chi connectivity index (χ2v) is 10.2. The van der Waals surface area contributed by atoms with Crippen molar-refractivity contribution in [3.8, 4) is 0 Å². The van der Waals surface area contributed by atoms with Gasteiger partial charge in [-0.15, -0.1) is 0 Å². The first-order chi connectivity index (χ1) is 16.1. The molecule has 0 saturated heterocycles. The number of carbonyl (C=O) groups excluding carboxylic acids is 2. The Morgan fingerprint density at radius 1 is 0.515 bits per heavy atom. The molecule has 0 spiro atoms. The Kier molecular flexibility index (Phi) is 14.8. The van der Waals surface area contributed by atoms with E-state index in [4.69, 9.17) is 14.2 Å². The summed E-state index contributed by atoms with van der Waals surface area (Å²) in [6, 6.07) is 0. The van der Waals surface area contributed by atoms with Crippen LogP contribution in [0.2, 0.25) is 0 Å². The van der Waals surface area contributed by atoms with Crippen molar-refractivity contribution in [1.82, 2.24) is 0 Å². The van der Waals surface area contributed by atoms with Crippen LogP contribution in [0.3, 0.4) is 0 Å². The molecule has 2 aliphatic carbocycles. The molecule has 2 fully saturated rings. The lowest BCUT2D eigenvalue weighted by Gasteiger charge is -2.34. The van der Waals surface area contributed by atoms with Crippen LogP contribution < -0.4 is 0 Å². The van der Waals surface area contributed by atoms with E-state index in [9.17, 15) is 9.59 Å². The number of unbranched alkanes of at least 4 members (excludes halogenated alkanes) is 8. The van der Waals surface area contributed by atoms with Gasteiger partial charge in [-0.05, 0) is 64.2 Å². The molecule has 5 nitrogen and oxygen atoms in total. The fraction of sp³-hybridized carbons (Fsp3) is 0.929. The second-order valence-electron chi connectivity index (χ2n) is 10.2. The highest BCUT2D eigenvalue weighted by Gasteiger charge is 2.29. The van der Waals surface area contributed by atoms with Gasteiger partial charge in [0, 0.05) is 12.8 Å². The van der Waals surface area contributed by atoms with Crippen molar-refractivity contribution in [2.24, 2.45) is 0 Å². The highest BCUT2D eigenvalue weighted by Crippen LogP contribution is 2.30. The summed E-state index contributed by atoms with van der Waals surface area (Å²) in [6.07, 6.45) is 20.9. The summed E-state index contributed by atoms with van der Waals surface area (Å²) < 4.78 is 17.7. The van der Waals surface area contributed by atoms with Crippen molar-refractivity contribution in [1.29, 1.82) is 0 Å². The van der Waals surface area contributed by atoms with Gasteiger partial charge in [0.2, 0.25) is 0 Å². The van der Waals surface area contributed by atoms with Crippen molar-refractivity contribution in [2.75, 3.05) is 0 Å². The minimum Gasteiger partial charge on any atom is -0.462 e. The third-order valence-corrected chi connectivity index (χ3v) is 7.19. The van der Waals surface area contributed by atoms with E-state index >= 15 is 0 Å². The number of hydrogen-bond acceptors (Lipinski definition) is 5. The fourth-order valence-electron chi connectivity index (χ4n) is 5.08. The maximum Gasteiger partial charge on any atom is 0.306 e. The summed E-state index contributed by atoms with van der Waals surface area (Å²) in [5, 5.41) is 0. The average Bonchev–Trinajstić information content (AvgIpc) is 2.81. The molecule has 0 radical (unpaired) electrons. The lowest BCUT2D eigenvalue weighted by atomic mass is 9.92. The molecule has 0 N–H and O–H groups in total. The monoisotopic (exact) mass is 466 g/mol. The first-order valence-corrected chi connectivity index (χ1v) is 14.1. The Morgan fingerprint density at radius 2 is 0.848 bits per heavy atom. The van der Waals surface area contributed by atoms with Crippen LogP contribution >= 0.6 is 0 Å². The summed E-state index contributed by atoms with van der Waals surface area (Å²) >= 11 is 0. The maximum atomic E-state index is 12.1. The van der Waals surface area contributed by atoms with E-state index in [1.54, 1.807) is 0 Å². The molecule has 2 rings (SSSR count). The minimum atomic E-state index is -0.0234. The van der Waals surface area contributed by atoms with Gasteiger partial charge in [0.1, 0.15) is 12.2 Å². The van der Waals surface area contributed by atoms with Crippen LogP contribution in [-0.2, 0) is 23.8 Å². The molecule has 0 unspecified atom stereocenters. The van der Waals surface area contributed by atoms with Gasteiger partial charge in [0.15, 0.2) is 0 Å². The van der Waals surface area contributed by atoms with E-state index in [1.165, 1.54) is 38.5 Å². The molecule has 2 saturated carbocycles. The highest BCUT2D eigenvalue weighted by molar-refractivity contribution is 5.69. The standard InChI is InChI=1S/C28H50O5/c1-3-5-7-9-11-13-27(29)32-25-19-15-23(16-20-25)31-24-17-21-26(22-18-24)33-28(30)14-12-10-8-6-4-2/h23-26H,3-22H2,1-2H3. The van der Waals surface area contributed by atoms with Crippen molar-refractivity contribution < 1.29 is 23.8 Å². The molecular formula is C28H50O5. The first kappa shape index (κ1) is 28.1. The van der Waals surface area contributed by atoms with Crippen molar-refractivity contribution in [2.45, 2.75) is 167 Å². The fourth-order valence-corrected chi connectivity index (χ4v) is 5.08. The van der Waals surface area contributed by atoms with E-state index in [-0.39, 0.29) is 36.4 Å². The van der Waals surface area contributed by atoms with E-state index in [2.05, 4.69) is 13.8 Å². The number of ether oxygens (including phenoxy) is 3. The molecule has 0 amide bonds. The van der Waals surface area contributed by atoms with Gasteiger partial charge < -0.3 is 14.2 Å². The molecular weight excluding hydrogens is 416 g/mol. The Hall–Kier alpha value is -1.10. The predicted octanol–water partition coefficient (Wildman–Crippen LogP) is 7.43. The first-order valence-electron chi connectivity index (χ1n) is 14.1. The van der Waals surface area contributed by atoms with Crippen LogP contribution in [0, 0.1) is 0 Å². The average molecular weight is 467 g/mol. The zero-order valence-electron chi connectivity index (χ0n) is 21.5. The third-order valence-electron chi connectivity index (χ3n) is 7.19. The number of hydrogen-bond donors (Lipinski definition) is 0. The summed E-state index contributed by atoms with van der Waals surface area (Å²) in [5.41, 5.74) is 0. The Bertz CT molecular complexity index is 472.